The Bertz CT molecular complexity index is 586. The summed E-state index contributed by atoms with van der Waals surface area (Å²) in [5.74, 6) is 0.703. The van der Waals surface area contributed by atoms with Crippen LogP contribution in [0.1, 0.15) is 0 Å². The quantitative estimate of drug-likeness (QED) is 0.596. The maximum atomic E-state index is 4.28. The molecule has 0 aromatic carbocycles. The smallest absolute Gasteiger partial charge is 0.162 e. The lowest BCUT2D eigenvalue weighted by atomic mass is 10.2. The number of aromatic nitrogens is 4. The second kappa shape index (κ2) is 3.16. The molecule has 0 amide bonds. The largest absolute Gasteiger partial charge is 0.307 e. The summed E-state index contributed by atoms with van der Waals surface area (Å²) in [6.07, 6.45) is 9.09. The standard InChI is InChI=1S/C11H8N4/c1-3-9(10-12-4-2-5-13-10)11-14-6-8-15(11)7-1/h1-8H. The van der Waals surface area contributed by atoms with E-state index >= 15 is 0 Å². The van der Waals surface area contributed by atoms with Crippen molar-refractivity contribution in [1.82, 2.24) is 19.4 Å². The highest BCUT2D eigenvalue weighted by Crippen LogP contribution is 2.18. The minimum atomic E-state index is 0.703. The lowest BCUT2D eigenvalue weighted by molar-refractivity contribution is 1.14. The van der Waals surface area contributed by atoms with Crippen LogP contribution in [0.5, 0.6) is 0 Å². The SMILES string of the molecule is c1cnc(-c2cccn3ccnc23)nc1. The van der Waals surface area contributed by atoms with Gasteiger partial charge in [0.1, 0.15) is 5.65 Å². The predicted octanol–water partition coefficient (Wildman–Crippen LogP) is 1.79. The zero-order chi connectivity index (χ0) is 10.1. The highest BCUT2D eigenvalue weighted by molar-refractivity contribution is 5.72. The first-order valence-corrected chi connectivity index (χ1v) is 4.64. The van der Waals surface area contributed by atoms with Gasteiger partial charge < -0.3 is 4.40 Å². The number of imidazole rings is 1. The maximum Gasteiger partial charge on any atom is 0.162 e. The molecular weight excluding hydrogens is 188 g/mol. The summed E-state index contributed by atoms with van der Waals surface area (Å²) in [5, 5.41) is 0. The zero-order valence-electron chi connectivity index (χ0n) is 7.91. The first kappa shape index (κ1) is 8.11. The molecule has 3 aromatic heterocycles. The van der Waals surface area contributed by atoms with Gasteiger partial charge in [0, 0.05) is 31.0 Å². The maximum absolute atomic E-state index is 4.28. The number of fused-ring (bicyclic) bond motifs is 1. The van der Waals surface area contributed by atoms with Crippen molar-refractivity contribution in [1.29, 1.82) is 0 Å². The van der Waals surface area contributed by atoms with Gasteiger partial charge >= 0.3 is 0 Å². The number of nitrogens with zero attached hydrogens (tertiary/aromatic N) is 4. The van der Waals surface area contributed by atoms with Crippen molar-refractivity contribution in [2.24, 2.45) is 0 Å². The third kappa shape index (κ3) is 1.27. The second-order valence-electron chi connectivity index (χ2n) is 3.15. The first-order valence-electron chi connectivity index (χ1n) is 4.64. The van der Waals surface area contributed by atoms with Gasteiger partial charge in [-0.3, -0.25) is 0 Å². The number of hydrogen-bond acceptors (Lipinski definition) is 3. The van der Waals surface area contributed by atoms with Gasteiger partial charge in [-0.05, 0) is 18.2 Å². The van der Waals surface area contributed by atoms with E-state index < -0.39 is 0 Å². The van der Waals surface area contributed by atoms with E-state index in [9.17, 15) is 0 Å². The molecule has 0 unspecified atom stereocenters. The fraction of sp³-hybridized carbons (Fsp3) is 0. The lowest BCUT2D eigenvalue weighted by Gasteiger charge is -2.00. The zero-order valence-corrected chi connectivity index (χ0v) is 7.91. The molecule has 3 heterocycles. The number of pyridine rings is 1. The molecule has 0 fully saturated rings. The van der Waals surface area contributed by atoms with Crippen molar-refractivity contribution >= 4 is 5.65 Å². The molecule has 0 aliphatic carbocycles. The van der Waals surface area contributed by atoms with Crippen molar-refractivity contribution in [2.75, 3.05) is 0 Å². The van der Waals surface area contributed by atoms with Crippen LogP contribution in [-0.2, 0) is 0 Å². The van der Waals surface area contributed by atoms with Crippen LogP contribution in [-0.4, -0.2) is 19.4 Å². The molecule has 15 heavy (non-hydrogen) atoms. The topological polar surface area (TPSA) is 43.1 Å². The Balaban J connectivity index is 2.31. The minimum Gasteiger partial charge on any atom is -0.307 e. The van der Waals surface area contributed by atoms with Crippen LogP contribution in [0.3, 0.4) is 0 Å². The van der Waals surface area contributed by atoms with Gasteiger partial charge in [0.05, 0.1) is 5.56 Å². The molecule has 0 saturated carbocycles. The Morgan fingerprint density at radius 1 is 0.867 bits per heavy atom. The van der Waals surface area contributed by atoms with Crippen LogP contribution in [0.15, 0.2) is 49.2 Å². The van der Waals surface area contributed by atoms with Crippen molar-refractivity contribution in [3.63, 3.8) is 0 Å². The molecule has 4 heteroatoms. The van der Waals surface area contributed by atoms with Gasteiger partial charge in [-0.25, -0.2) is 15.0 Å². The highest BCUT2D eigenvalue weighted by Gasteiger charge is 2.05. The van der Waals surface area contributed by atoms with E-state index in [1.54, 1.807) is 24.7 Å². The summed E-state index contributed by atoms with van der Waals surface area (Å²) in [4.78, 5) is 12.7. The van der Waals surface area contributed by atoms with E-state index in [1.807, 2.05) is 28.9 Å². The predicted molar refractivity (Wildman–Crippen MR) is 56.2 cm³/mol. The lowest BCUT2D eigenvalue weighted by Crippen LogP contribution is -1.91. The average Bonchev–Trinajstić information content (AvgIpc) is 2.78. The molecule has 3 rings (SSSR count). The van der Waals surface area contributed by atoms with Crippen LogP contribution >= 0.6 is 0 Å². The number of rotatable bonds is 1. The van der Waals surface area contributed by atoms with Crippen molar-refractivity contribution < 1.29 is 0 Å². The van der Waals surface area contributed by atoms with Gasteiger partial charge in [-0.15, -0.1) is 0 Å². The fourth-order valence-electron chi connectivity index (χ4n) is 1.56. The average molecular weight is 196 g/mol. The normalized spacial score (nSPS) is 10.7. The van der Waals surface area contributed by atoms with E-state index in [0.717, 1.165) is 11.2 Å². The molecule has 0 atom stereocenters. The summed E-state index contributed by atoms with van der Waals surface area (Å²) in [6, 6.07) is 5.73. The summed E-state index contributed by atoms with van der Waals surface area (Å²) in [6.45, 7) is 0. The van der Waals surface area contributed by atoms with E-state index in [2.05, 4.69) is 15.0 Å². The molecule has 72 valence electrons. The van der Waals surface area contributed by atoms with Gasteiger partial charge in [-0.2, -0.15) is 0 Å². The highest BCUT2D eigenvalue weighted by atomic mass is 15.0. The molecule has 4 nitrogen and oxygen atoms in total. The molecule has 0 spiro atoms. The number of hydrogen-bond donors (Lipinski definition) is 0. The Labute approximate surface area is 86.3 Å². The molecule has 3 aromatic rings. The van der Waals surface area contributed by atoms with Crippen molar-refractivity contribution in [3.8, 4) is 11.4 Å². The Hall–Kier alpha value is -2.23. The molecule has 0 saturated heterocycles. The molecule has 0 aliphatic heterocycles. The molecule has 0 radical (unpaired) electrons. The van der Waals surface area contributed by atoms with Gasteiger partial charge in [0.2, 0.25) is 0 Å². The van der Waals surface area contributed by atoms with Crippen molar-refractivity contribution in [3.05, 3.63) is 49.2 Å². The Morgan fingerprint density at radius 2 is 1.73 bits per heavy atom. The third-order valence-electron chi connectivity index (χ3n) is 2.23. The first-order chi connectivity index (χ1) is 7.45. The van der Waals surface area contributed by atoms with Gasteiger partial charge in [-0.1, -0.05) is 0 Å². The summed E-state index contributed by atoms with van der Waals surface area (Å²) < 4.78 is 1.95. The minimum absolute atomic E-state index is 0.703. The van der Waals surface area contributed by atoms with E-state index in [0.29, 0.717) is 5.82 Å². The monoisotopic (exact) mass is 196 g/mol. The van der Waals surface area contributed by atoms with E-state index in [4.69, 9.17) is 0 Å². The molecular formula is C11H8N4. The second-order valence-corrected chi connectivity index (χ2v) is 3.15. The van der Waals surface area contributed by atoms with Crippen LogP contribution in [0.4, 0.5) is 0 Å². The summed E-state index contributed by atoms with van der Waals surface area (Å²) in [7, 11) is 0. The van der Waals surface area contributed by atoms with Gasteiger partial charge in [0.15, 0.2) is 5.82 Å². The van der Waals surface area contributed by atoms with E-state index in [-0.39, 0.29) is 0 Å². The van der Waals surface area contributed by atoms with Crippen molar-refractivity contribution in [2.45, 2.75) is 0 Å². The van der Waals surface area contributed by atoms with Gasteiger partial charge in [0.25, 0.3) is 0 Å². The van der Waals surface area contributed by atoms with E-state index in [1.165, 1.54) is 0 Å². The third-order valence-corrected chi connectivity index (χ3v) is 2.23. The fourth-order valence-corrected chi connectivity index (χ4v) is 1.56. The molecule has 0 bridgehead atoms. The van der Waals surface area contributed by atoms with Crippen LogP contribution < -0.4 is 0 Å². The summed E-state index contributed by atoms with van der Waals surface area (Å²) in [5.41, 5.74) is 1.83. The summed E-state index contributed by atoms with van der Waals surface area (Å²) >= 11 is 0. The Morgan fingerprint density at radius 3 is 2.60 bits per heavy atom. The van der Waals surface area contributed by atoms with Crippen LogP contribution in [0, 0.1) is 0 Å². The van der Waals surface area contributed by atoms with Crippen LogP contribution in [0.25, 0.3) is 17.0 Å². The molecule has 0 aliphatic rings. The molecule has 0 N–H and O–H groups in total. The van der Waals surface area contributed by atoms with Crippen LogP contribution in [0.2, 0.25) is 0 Å². The Kier molecular flexibility index (Phi) is 1.71.